The van der Waals surface area contributed by atoms with Crippen LogP contribution in [0.1, 0.15) is 19.4 Å². The van der Waals surface area contributed by atoms with E-state index in [9.17, 15) is 4.79 Å². The largest absolute Gasteiger partial charge is 0.379 e. The molecule has 2 unspecified atom stereocenters. The summed E-state index contributed by atoms with van der Waals surface area (Å²) in [4.78, 5) is 12.2. The van der Waals surface area contributed by atoms with E-state index in [1.54, 1.807) is 0 Å². The molecule has 1 aromatic carbocycles. The Morgan fingerprint density at radius 2 is 2.00 bits per heavy atom. The normalized spacial score (nSPS) is 22.4. The molecule has 19 heavy (non-hydrogen) atoms. The van der Waals surface area contributed by atoms with E-state index in [2.05, 4.69) is 17.6 Å². The van der Waals surface area contributed by atoms with Crippen LogP contribution in [0.15, 0.2) is 24.3 Å². The third-order valence-electron chi connectivity index (χ3n) is 3.51. The molecule has 2 rings (SSSR count). The molecular formula is C15H22N2O2. The summed E-state index contributed by atoms with van der Waals surface area (Å²) in [5.74, 6) is -0.0708. The number of ether oxygens (including phenoxy) is 1. The Bertz CT molecular complexity index is 417. The number of anilines is 1. The number of nitrogens with one attached hydrogen (secondary N) is 2. The fraction of sp³-hybridized carbons (Fsp3) is 0.533. The van der Waals surface area contributed by atoms with Crippen molar-refractivity contribution in [2.24, 2.45) is 5.92 Å². The van der Waals surface area contributed by atoms with Crippen molar-refractivity contribution in [2.75, 3.05) is 25.1 Å². The Labute approximate surface area is 114 Å². The minimum Gasteiger partial charge on any atom is -0.379 e. The molecule has 4 nitrogen and oxygen atoms in total. The van der Waals surface area contributed by atoms with Gasteiger partial charge in [0.15, 0.2) is 0 Å². The first-order valence-electron chi connectivity index (χ1n) is 6.95. The standard InChI is InChI=1S/C15H22N2O2/c1-3-11-5-7-12(8-6-11)17-15(18)13-9-19-10-14(13)16-4-2/h5-8,13-14,16H,3-4,9-10H2,1-2H3,(H,17,18). The van der Waals surface area contributed by atoms with Gasteiger partial charge in [-0.25, -0.2) is 0 Å². The van der Waals surface area contributed by atoms with E-state index in [-0.39, 0.29) is 17.9 Å². The molecule has 0 radical (unpaired) electrons. The van der Waals surface area contributed by atoms with Crippen molar-refractivity contribution in [2.45, 2.75) is 26.3 Å². The van der Waals surface area contributed by atoms with Crippen LogP contribution in [0.2, 0.25) is 0 Å². The number of hydrogen-bond donors (Lipinski definition) is 2. The number of rotatable bonds is 5. The predicted molar refractivity (Wildman–Crippen MR) is 76.2 cm³/mol. The van der Waals surface area contributed by atoms with Gasteiger partial charge in [0.2, 0.25) is 5.91 Å². The minimum atomic E-state index is -0.106. The Morgan fingerprint density at radius 3 is 2.63 bits per heavy atom. The van der Waals surface area contributed by atoms with E-state index in [1.165, 1.54) is 5.56 Å². The maximum Gasteiger partial charge on any atom is 0.231 e. The number of likely N-dealkylation sites (N-methyl/N-ethyl adjacent to an activating group) is 1. The van der Waals surface area contributed by atoms with Crippen LogP contribution < -0.4 is 10.6 Å². The van der Waals surface area contributed by atoms with Gasteiger partial charge in [0.1, 0.15) is 0 Å². The van der Waals surface area contributed by atoms with Crippen LogP contribution >= 0.6 is 0 Å². The molecule has 1 heterocycles. The van der Waals surface area contributed by atoms with Crippen molar-refractivity contribution < 1.29 is 9.53 Å². The van der Waals surface area contributed by atoms with Gasteiger partial charge < -0.3 is 15.4 Å². The first kappa shape index (κ1) is 14.0. The maximum absolute atomic E-state index is 12.2. The second-order valence-corrected chi connectivity index (χ2v) is 4.85. The molecule has 1 aromatic rings. The molecule has 2 atom stereocenters. The third-order valence-corrected chi connectivity index (χ3v) is 3.51. The monoisotopic (exact) mass is 262 g/mol. The van der Waals surface area contributed by atoms with Gasteiger partial charge >= 0.3 is 0 Å². The first-order valence-corrected chi connectivity index (χ1v) is 6.95. The molecule has 104 valence electrons. The molecule has 4 heteroatoms. The molecule has 1 amide bonds. The zero-order chi connectivity index (χ0) is 13.7. The van der Waals surface area contributed by atoms with Crippen molar-refractivity contribution in [3.63, 3.8) is 0 Å². The quantitative estimate of drug-likeness (QED) is 0.851. The molecule has 2 N–H and O–H groups in total. The zero-order valence-electron chi connectivity index (χ0n) is 11.6. The Morgan fingerprint density at radius 1 is 1.26 bits per heavy atom. The van der Waals surface area contributed by atoms with E-state index in [4.69, 9.17) is 4.74 Å². The Kier molecular flexibility index (Phi) is 4.93. The summed E-state index contributed by atoms with van der Waals surface area (Å²) in [6, 6.07) is 8.12. The van der Waals surface area contributed by atoms with Gasteiger partial charge in [-0.3, -0.25) is 4.79 Å². The lowest BCUT2D eigenvalue weighted by molar-refractivity contribution is -0.120. The summed E-state index contributed by atoms with van der Waals surface area (Å²) in [5, 5.41) is 6.26. The molecule has 0 spiro atoms. The van der Waals surface area contributed by atoms with E-state index < -0.39 is 0 Å². The lowest BCUT2D eigenvalue weighted by Crippen LogP contribution is -2.41. The molecule has 0 aliphatic carbocycles. The SMILES string of the molecule is CCNC1COCC1C(=O)Nc1ccc(CC)cc1. The second-order valence-electron chi connectivity index (χ2n) is 4.85. The van der Waals surface area contributed by atoms with Crippen LogP contribution in [-0.4, -0.2) is 31.7 Å². The lowest BCUT2D eigenvalue weighted by Gasteiger charge is -2.17. The summed E-state index contributed by atoms with van der Waals surface area (Å²) in [6.07, 6.45) is 1.01. The highest BCUT2D eigenvalue weighted by Gasteiger charge is 2.33. The smallest absolute Gasteiger partial charge is 0.231 e. The highest BCUT2D eigenvalue weighted by molar-refractivity contribution is 5.93. The van der Waals surface area contributed by atoms with Crippen LogP contribution in [0.3, 0.4) is 0 Å². The molecule has 1 aliphatic heterocycles. The van der Waals surface area contributed by atoms with E-state index in [0.717, 1.165) is 18.7 Å². The molecular weight excluding hydrogens is 240 g/mol. The number of carbonyl (C=O) groups excluding carboxylic acids is 1. The van der Waals surface area contributed by atoms with Crippen molar-refractivity contribution in [3.05, 3.63) is 29.8 Å². The Balaban J connectivity index is 1.95. The van der Waals surface area contributed by atoms with Crippen molar-refractivity contribution in [3.8, 4) is 0 Å². The topological polar surface area (TPSA) is 50.4 Å². The molecule has 1 aliphatic rings. The van der Waals surface area contributed by atoms with Gasteiger partial charge in [-0.05, 0) is 30.7 Å². The van der Waals surface area contributed by atoms with Gasteiger partial charge in [0.05, 0.1) is 19.1 Å². The van der Waals surface area contributed by atoms with Crippen LogP contribution in [0, 0.1) is 5.92 Å². The van der Waals surface area contributed by atoms with Gasteiger partial charge in [0.25, 0.3) is 0 Å². The maximum atomic E-state index is 12.2. The molecule has 1 saturated heterocycles. The van der Waals surface area contributed by atoms with Crippen molar-refractivity contribution in [1.29, 1.82) is 0 Å². The molecule has 0 aromatic heterocycles. The number of hydrogen-bond acceptors (Lipinski definition) is 3. The zero-order valence-corrected chi connectivity index (χ0v) is 11.6. The van der Waals surface area contributed by atoms with Crippen LogP contribution in [0.5, 0.6) is 0 Å². The van der Waals surface area contributed by atoms with E-state index in [0.29, 0.717) is 13.2 Å². The van der Waals surface area contributed by atoms with E-state index in [1.807, 2.05) is 31.2 Å². The average Bonchev–Trinajstić information content (AvgIpc) is 2.88. The third kappa shape index (κ3) is 3.55. The van der Waals surface area contributed by atoms with Gasteiger partial charge in [-0.1, -0.05) is 26.0 Å². The number of carbonyl (C=O) groups is 1. The lowest BCUT2D eigenvalue weighted by atomic mass is 10.0. The summed E-state index contributed by atoms with van der Waals surface area (Å²) < 4.78 is 5.39. The predicted octanol–water partition coefficient (Wildman–Crippen LogP) is 1.81. The minimum absolute atomic E-state index is 0.0349. The number of amides is 1. The van der Waals surface area contributed by atoms with E-state index >= 15 is 0 Å². The fourth-order valence-electron chi connectivity index (χ4n) is 2.33. The van der Waals surface area contributed by atoms with Crippen LogP contribution in [0.4, 0.5) is 5.69 Å². The number of aryl methyl sites for hydroxylation is 1. The molecule has 1 fully saturated rings. The highest BCUT2D eigenvalue weighted by atomic mass is 16.5. The summed E-state index contributed by atoms with van der Waals surface area (Å²) in [5.41, 5.74) is 2.12. The highest BCUT2D eigenvalue weighted by Crippen LogP contribution is 2.17. The van der Waals surface area contributed by atoms with Gasteiger partial charge in [-0.2, -0.15) is 0 Å². The molecule has 0 bridgehead atoms. The summed E-state index contributed by atoms with van der Waals surface area (Å²) in [6.45, 7) is 6.11. The average molecular weight is 262 g/mol. The Hall–Kier alpha value is -1.39. The van der Waals surface area contributed by atoms with Crippen LogP contribution in [-0.2, 0) is 16.0 Å². The van der Waals surface area contributed by atoms with Crippen molar-refractivity contribution in [1.82, 2.24) is 5.32 Å². The summed E-state index contributed by atoms with van der Waals surface area (Å²) in [7, 11) is 0. The fourth-order valence-corrected chi connectivity index (χ4v) is 2.33. The second kappa shape index (κ2) is 6.68. The van der Waals surface area contributed by atoms with Crippen LogP contribution in [0.25, 0.3) is 0 Å². The first-order chi connectivity index (χ1) is 9.24. The van der Waals surface area contributed by atoms with Gasteiger partial charge in [-0.15, -0.1) is 0 Å². The van der Waals surface area contributed by atoms with Gasteiger partial charge in [0, 0.05) is 11.7 Å². The number of benzene rings is 1. The molecule has 0 saturated carbocycles. The summed E-state index contributed by atoms with van der Waals surface area (Å²) >= 11 is 0. The van der Waals surface area contributed by atoms with Crippen molar-refractivity contribution >= 4 is 11.6 Å².